The van der Waals surface area contributed by atoms with Crippen LogP contribution in [0.4, 0.5) is 0 Å². The lowest BCUT2D eigenvalue weighted by Gasteiger charge is -2.16. The third-order valence-electron chi connectivity index (χ3n) is 3.68. The van der Waals surface area contributed by atoms with Gasteiger partial charge in [0.25, 0.3) is 5.91 Å². The molecule has 1 atom stereocenters. The molecule has 3 N–H and O–H groups in total. The smallest absolute Gasteiger partial charge is 0.251 e. The Kier molecular flexibility index (Phi) is 7.91. The van der Waals surface area contributed by atoms with Gasteiger partial charge < -0.3 is 20.5 Å². The fourth-order valence-corrected chi connectivity index (χ4v) is 2.49. The van der Waals surface area contributed by atoms with Crippen LogP contribution in [0.5, 0.6) is 5.75 Å². The van der Waals surface area contributed by atoms with Gasteiger partial charge >= 0.3 is 0 Å². The molecule has 0 bridgehead atoms. The molecule has 0 aromatic heterocycles. The number of carbonyl (C=O) groups excluding carboxylic acids is 1. The topological polar surface area (TPSA) is 70.6 Å². The van der Waals surface area contributed by atoms with Crippen molar-refractivity contribution in [2.75, 3.05) is 13.2 Å². The zero-order valence-corrected chi connectivity index (χ0v) is 15.8. The minimum atomic E-state index is -0.637. The Morgan fingerprint density at radius 2 is 1.92 bits per heavy atom. The number of amides is 1. The summed E-state index contributed by atoms with van der Waals surface area (Å²) in [7, 11) is 0. The SMILES string of the molecule is CC(C)NCC(O)COc1ccc(C(=O)NCc2ccccc2)cc1Cl. The van der Waals surface area contributed by atoms with Gasteiger partial charge in [-0.05, 0) is 23.8 Å². The largest absolute Gasteiger partial charge is 0.489 e. The number of hydrogen-bond donors (Lipinski definition) is 3. The molecule has 1 amide bonds. The number of benzene rings is 2. The molecule has 0 aliphatic carbocycles. The third-order valence-corrected chi connectivity index (χ3v) is 3.98. The maximum Gasteiger partial charge on any atom is 0.251 e. The molecule has 0 saturated heterocycles. The second kappa shape index (κ2) is 10.2. The van der Waals surface area contributed by atoms with Crippen molar-refractivity contribution in [3.63, 3.8) is 0 Å². The second-order valence-electron chi connectivity index (χ2n) is 6.34. The molecule has 1 unspecified atom stereocenters. The highest BCUT2D eigenvalue weighted by molar-refractivity contribution is 6.32. The molecule has 0 saturated carbocycles. The van der Waals surface area contributed by atoms with Gasteiger partial charge in [0, 0.05) is 24.7 Å². The Balaban J connectivity index is 1.86. The van der Waals surface area contributed by atoms with E-state index >= 15 is 0 Å². The van der Waals surface area contributed by atoms with Crippen LogP contribution in [0.1, 0.15) is 29.8 Å². The molecule has 2 rings (SSSR count). The van der Waals surface area contributed by atoms with Crippen LogP contribution in [0.25, 0.3) is 0 Å². The molecule has 0 radical (unpaired) electrons. The molecule has 2 aromatic carbocycles. The monoisotopic (exact) mass is 376 g/mol. The third kappa shape index (κ3) is 6.67. The predicted molar refractivity (Wildman–Crippen MR) is 104 cm³/mol. The number of carbonyl (C=O) groups is 1. The second-order valence-corrected chi connectivity index (χ2v) is 6.75. The predicted octanol–water partition coefficient (Wildman–Crippen LogP) is 3.01. The van der Waals surface area contributed by atoms with Crippen molar-refractivity contribution in [3.8, 4) is 5.75 Å². The van der Waals surface area contributed by atoms with Gasteiger partial charge in [-0.2, -0.15) is 0 Å². The zero-order valence-electron chi connectivity index (χ0n) is 15.0. The van der Waals surface area contributed by atoms with Crippen molar-refractivity contribution < 1.29 is 14.6 Å². The molecular formula is C20H25ClN2O3. The molecule has 0 fully saturated rings. The number of hydrogen-bond acceptors (Lipinski definition) is 4. The van der Waals surface area contributed by atoms with Gasteiger partial charge in [0.05, 0.1) is 5.02 Å². The lowest BCUT2D eigenvalue weighted by molar-refractivity contribution is 0.0950. The first-order valence-corrected chi connectivity index (χ1v) is 8.99. The maximum atomic E-state index is 12.2. The van der Waals surface area contributed by atoms with E-state index in [1.54, 1.807) is 18.2 Å². The summed E-state index contributed by atoms with van der Waals surface area (Å²) in [6, 6.07) is 14.8. The summed E-state index contributed by atoms with van der Waals surface area (Å²) in [4.78, 5) is 12.2. The van der Waals surface area contributed by atoms with Gasteiger partial charge in [-0.1, -0.05) is 55.8 Å². The Labute approximate surface area is 159 Å². The van der Waals surface area contributed by atoms with Crippen molar-refractivity contribution in [3.05, 3.63) is 64.7 Å². The van der Waals surface area contributed by atoms with Crippen LogP contribution >= 0.6 is 11.6 Å². The van der Waals surface area contributed by atoms with Gasteiger partial charge in [0.15, 0.2) is 0 Å². The van der Waals surface area contributed by atoms with Crippen molar-refractivity contribution in [2.45, 2.75) is 32.5 Å². The van der Waals surface area contributed by atoms with Gasteiger partial charge in [0.1, 0.15) is 18.5 Å². The first-order chi connectivity index (χ1) is 12.5. The maximum absolute atomic E-state index is 12.2. The van der Waals surface area contributed by atoms with E-state index in [0.717, 1.165) is 5.56 Å². The summed E-state index contributed by atoms with van der Waals surface area (Å²) < 4.78 is 5.54. The molecule has 5 nitrogen and oxygen atoms in total. The summed E-state index contributed by atoms with van der Waals surface area (Å²) in [5.74, 6) is 0.235. The average Bonchev–Trinajstić information content (AvgIpc) is 2.64. The molecule has 0 heterocycles. The minimum absolute atomic E-state index is 0.124. The van der Waals surface area contributed by atoms with Gasteiger partial charge in [-0.15, -0.1) is 0 Å². The number of aliphatic hydroxyl groups excluding tert-OH is 1. The van der Waals surface area contributed by atoms with Crippen molar-refractivity contribution in [1.29, 1.82) is 0 Å². The fraction of sp³-hybridized carbons (Fsp3) is 0.350. The van der Waals surface area contributed by atoms with Crippen molar-refractivity contribution in [1.82, 2.24) is 10.6 Å². The molecular weight excluding hydrogens is 352 g/mol. The molecule has 0 aliphatic heterocycles. The summed E-state index contributed by atoms with van der Waals surface area (Å²) in [5, 5.41) is 16.2. The average molecular weight is 377 g/mol. The van der Waals surface area contributed by atoms with Crippen LogP contribution in [0, 0.1) is 0 Å². The molecule has 140 valence electrons. The highest BCUT2D eigenvalue weighted by atomic mass is 35.5. The number of rotatable bonds is 9. The first-order valence-electron chi connectivity index (χ1n) is 8.61. The number of ether oxygens (including phenoxy) is 1. The van der Waals surface area contributed by atoms with E-state index in [0.29, 0.717) is 35.5 Å². The molecule has 0 spiro atoms. The van der Waals surface area contributed by atoms with E-state index in [2.05, 4.69) is 10.6 Å². The zero-order chi connectivity index (χ0) is 18.9. The van der Waals surface area contributed by atoms with E-state index in [-0.39, 0.29) is 12.5 Å². The highest BCUT2D eigenvalue weighted by Gasteiger charge is 2.11. The Morgan fingerprint density at radius 1 is 1.19 bits per heavy atom. The number of nitrogens with one attached hydrogen (secondary N) is 2. The minimum Gasteiger partial charge on any atom is -0.489 e. The Morgan fingerprint density at radius 3 is 2.58 bits per heavy atom. The Bertz CT molecular complexity index is 707. The lowest BCUT2D eigenvalue weighted by atomic mass is 10.2. The van der Waals surface area contributed by atoms with Crippen LogP contribution in [0.15, 0.2) is 48.5 Å². The first kappa shape index (κ1) is 20.2. The van der Waals surface area contributed by atoms with E-state index in [1.165, 1.54) is 0 Å². The lowest BCUT2D eigenvalue weighted by Crippen LogP contribution is -2.35. The quantitative estimate of drug-likeness (QED) is 0.629. The standard InChI is InChI=1S/C20H25ClN2O3/c1-14(2)22-12-17(24)13-26-19-9-8-16(10-18(19)21)20(25)23-11-15-6-4-3-5-7-15/h3-10,14,17,22,24H,11-13H2,1-2H3,(H,23,25). The van der Waals surface area contributed by atoms with Crippen LogP contribution in [-0.2, 0) is 6.54 Å². The summed E-state index contributed by atoms with van der Waals surface area (Å²) in [6.07, 6.45) is -0.637. The summed E-state index contributed by atoms with van der Waals surface area (Å²) >= 11 is 6.20. The van der Waals surface area contributed by atoms with E-state index in [9.17, 15) is 9.90 Å². The van der Waals surface area contributed by atoms with E-state index in [1.807, 2.05) is 44.2 Å². The summed E-state index contributed by atoms with van der Waals surface area (Å²) in [5.41, 5.74) is 1.48. The van der Waals surface area contributed by atoms with Crippen LogP contribution < -0.4 is 15.4 Å². The molecule has 0 aliphatic rings. The van der Waals surface area contributed by atoms with Crippen LogP contribution in [0.2, 0.25) is 5.02 Å². The summed E-state index contributed by atoms with van der Waals surface area (Å²) in [6.45, 7) is 5.02. The van der Waals surface area contributed by atoms with Gasteiger partial charge in [-0.3, -0.25) is 4.79 Å². The molecule has 2 aromatic rings. The van der Waals surface area contributed by atoms with Crippen molar-refractivity contribution >= 4 is 17.5 Å². The van der Waals surface area contributed by atoms with Crippen molar-refractivity contribution in [2.24, 2.45) is 0 Å². The highest BCUT2D eigenvalue weighted by Crippen LogP contribution is 2.25. The van der Waals surface area contributed by atoms with Gasteiger partial charge in [-0.25, -0.2) is 0 Å². The van der Waals surface area contributed by atoms with Gasteiger partial charge in [0.2, 0.25) is 0 Å². The van der Waals surface area contributed by atoms with E-state index < -0.39 is 6.10 Å². The Hall–Kier alpha value is -2.08. The number of aliphatic hydroxyl groups is 1. The van der Waals surface area contributed by atoms with Crippen LogP contribution in [-0.4, -0.2) is 36.3 Å². The van der Waals surface area contributed by atoms with E-state index in [4.69, 9.17) is 16.3 Å². The molecule has 6 heteroatoms. The van der Waals surface area contributed by atoms with Crippen LogP contribution in [0.3, 0.4) is 0 Å². The normalized spacial score (nSPS) is 12.0. The molecule has 26 heavy (non-hydrogen) atoms. The number of halogens is 1. The fourth-order valence-electron chi connectivity index (χ4n) is 2.26.